The first-order valence-electron chi connectivity index (χ1n) is 5.34. The van der Waals surface area contributed by atoms with Crippen LogP contribution in [0.3, 0.4) is 0 Å². The molecule has 3 nitrogen and oxygen atoms in total. The quantitative estimate of drug-likeness (QED) is 0.679. The molecule has 0 fully saturated rings. The average molecular weight is 234 g/mol. The van der Waals surface area contributed by atoms with Crippen LogP contribution in [-0.2, 0) is 9.59 Å². The summed E-state index contributed by atoms with van der Waals surface area (Å²) in [5.74, 6) is -0.172. The first-order valence-corrected chi connectivity index (χ1v) is 5.34. The van der Waals surface area contributed by atoms with E-state index in [0.717, 1.165) is 11.1 Å². The van der Waals surface area contributed by atoms with E-state index in [-0.39, 0.29) is 5.78 Å². The molecule has 2 aromatic rings. The van der Waals surface area contributed by atoms with Gasteiger partial charge < -0.3 is 0 Å². The summed E-state index contributed by atoms with van der Waals surface area (Å²) >= 11 is 0. The third-order valence-electron chi connectivity index (χ3n) is 3.05. The Labute approximate surface area is 103 Å². The minimum Gasteiger partial charge on any atom is -0.289 e. The molecule has 0 N–H and O–H groups in total. The number of benzene rings is 2. The van der Waals surface area contributed by atoms with Crippen molar-refractivity contribution in [2.45, 2.75) is 0 Å². The Balaban J connectivity index is 2.27. The van der Waals surface area contributed by atoms with Crippen molar-refractivity contribution in [3.05, 3.63) is 58.7 Å². The lowest BCUT2D eigenvalue weighted by atomic mass is 10.0. The molecule has 1 aliphatic carbocycles. The number of hydrogen-bond donors (Lipinski definition) is 0. The zero-order valence-electron chi connectivity index (χ0n) is 9.19. The lowest BCUT2D eigenvalue weighted by Gasteiger charge is -1.99. The van der Waals surface area contributed by atoms with Crippen LogP contribution in [0, 0.1) is 0 Å². The van der Waals surface area contributed by atoms with E-state index in [1.807, 2.05) is 0 Å². The Bertz CT molecular complexity index is 639. The molecule has 3 rings (SSSR count). The van der Waals surface area contributed by atoms with E-state index in [4.69, 9.17) is 0 Å². The summed E-state index contributed by atoms with van der Waals surface area (Å²) in [4.78, 5) is 33.4. The molecule has 0 aliphatic heterocycles. The van der Waals surface area contributed by atoms with E-state index < -0.39 is 0 Å². The van der Waals surface area contributed by atoms with Crippen molar-refractivity contribution in [2.24, 2.45) is 0 Å². The van der Waals surface area contributed by atoms with Gasteiger partial charge in [-0.05, 0) is 23.3 Å². The molecule has 0 aromatic heterocycles. The van der Waals surface area contributed by atoms with Crippen molar-refractivity contribution < 1.29 is 14.4 Å². The molecule has 0 unspecified atom stereocenters. The van der Waals surface area contributed by atoms with E-state index in [1.54, 1.807) is 36.8 Å². The number of fused-ring (bicyclic) bond motifs is 3. The second-order valence-electron chi connectivity index (χ2n) is 4.05. The van der Waals surface area contributed by atoms with Crippen molar-refractivity contribution in [2.75, 3.05) is 0 Å². The lowest BCUT2D eigenvalue weighted by Crippen LogP contribution is -1.97. The SMILES string of the molecule is O=[C]c1ccc2c(c1)C(=O)c1cc([C]=O)ccc1-2. The van der Waals surface area contributed by atoms with Gasteiger partial charge in [0.15, 0.2) is 5.78 Å². The predicted octanol–water partition coefficient (Wildman–Crippen LogP) is 1.81. The highest BCUT2D eigenvalue weighted by Gasteiger charge is 2.27. The molecule has 18 heavy (non-hydrogen) atoms. The van der Waals surface area contributed by atoms with E-state index in [0.29, 0.717) is 22.3 Å². The van der Waals surface area contributed by atoms with Crippen molar-refractivity contribution in [1.29, 1.82) is 0 Å². The fourth-order valence-corrected chi connectivity index (χ4v) is 2.21. The summed E-state index contributed by atoms with van der Waals surface area (Å²) in [6, 6.07) is 9.74. The van der Waals surface area contributed by atoms with Crippen LogP contribution in [0.25, 0.3) is 11.1 Å². The number of rotatable bonds is 2. The summed E-state index contributed by atoms with van der Waals surface area (Å²) in [5.41, 5.74) is 3.22. The fourth-order valence-electron chi connectivity index (χ4n) is 2.21. The lowest BCUT2D eigenvalue weighted by molar-refractivity contribution is 0.104. The molecule has 84 valence electrons. The molecule has 0 atom stereocenters. The molecule has 0 amide bonds. The van der Waals surface area contributed by atoms with E-state index in [2.05, 4.69) is 0 Å². The fraction of sp³-hybridized carbons (Fsp3) is 0. The maximum atomic E-state index is 12.2. The van der Waals surface area contributed by atoms with Gasteiger partial charge in [-0.25, -0.2) is 0 Å². The average Bonchev–Trinajstić information content (AvgIpc) is 2.71. The van der Waals surface area contributed by atoms with Crippen LogP contribution in [0.5, 0.6) is 0 Å². The van der Waals surface area contributed by atoms with E-state index in [9.17, 15) is 14.4 Å². The molecule has 1 aliphatic rings. The Kier molecular flexibility index (Phi) is 2.20. The number of hydrogen-bond acceptors (Lipinski definition) is 3. The van der Waals surface area contributed by atoms with Gasteiger partial charge in [0.05, 0.1) is 0 Å². The number of carbonyl (C=O) groups excluding carboxylic acids is 3. The molecule has 0 saturated carbocycles. The second-order valence-corrected chi connectivity index (χ2v) is 4.05. The van der Waals surface area contributed by atoms with Crippen LogP contribution in [0.1, 0.15) is 27.0 Å². The minimum atomic E-state index is -0.172. The van der Waals surface area contributed by atoms with Crippen LogP contribution < -0.4 is 0 Å². The second kappa shape index (κ2) is 3.74. The molecule has 0 heterocycles. The van der Waals surface area contributed by atoms with Gasteiger partial charge in [0.2, 0.25) is 12.6 Å². The first-order chi connectivity index (χ1) is 8.74. The van der Waals surface area contributed by atoms with Gasteiger partial charge in [-0.1, -0.05) is 24.3 Å². The van der Waals surface area contributed by atoms with Gasteiger partial charge in [0.25, 0.3) is 0 Å². The van der Waals surface area contributed by atoms with Crippen LogP contribution in [0.4, 0.5) is 0 Å². The van der Waals surface area contributed by atoms with Crippen LogP contribution in [0.2, 0.25) is 0 Å². The Morgan fingerprint density at radius 1 is 0.667 bits per heavy atom. The van der Waals surface area contributed by atoms with Crippen molar-refractivity contribution in [1.82, 2.24) is 0 Å². The maximum Gasteiger partial charge on any atom is 0.233 e. The van der Waals surface area contributed by atoms with Crippen LogP contribution in [-0.4, -0.2) is 18.4 Å². The first kappa shape index (κ1) is 10.6. The van der Waals surface area contributed by atoms with Crippen molar-refractivity contribution in [3.8, 4) is 11.1 Å². The monoisotopic (exact) mass is 234 g/mol. The minimum absolute atomic E-state index is 0.172. The summed E-state index contributed by atoms with van der Waals surface area (Å²) in [5, 5.41) is 0. The van der Waals surface area contributed by atoms with Crippen LogP contribution in [0.15, 0.2) is 36.4 Å². The molecule has 0 bridgehead atoms. The molecule has 2 radical (unpaired) electrons. The predicted molar refractivity (Wildman–Crippen MR) is 64.9 cm³/mol. The topological polar surface area (TPSA) is 51.2 Å². The summed E-state index contributed by atoms with van der Waals surface area (Å²) in [6.45, 7) is 0. The van der Waals surface area contributed by atoms with Gasteiger partial charge in [0.1, 0.15) is 0 Å². The van der Waals surface area contributed by atoms with Crippen molar-refractivity contribution >= 4 is 18.4 Å². The largest absolute Gasteiger partial charge is 0.289 e. The molecule has 0 spiro atoms. The highest BCUT2D eigenvalue weighted by atomic mass is 16.1. The third kappa shape index (κ3) is 1.34. The summed E-state index contributed by atoms with van der Waals surface area (Å²) in [7, 11) is 0. The molecular weight excluding hydrogens is 228 g/mol. The van der Waals surface area contributed by atoms with Gasteiger partial charge in [-0.2, -0.15) is 0 Å². The summed E-state index contributed by atoms with van der Waals surface area (Å²) in [6.07, 6.45) is 3.52. The van der Waals surface area contributed by atoms with Crippen molar-refractivity contribution in [3.63, 3.8) is 0 Å². The third-order valence-corrected chi connectivity index (χ3v) is 3.05. The molecular formula is C15H6O3. The Hall–Kier alpha value is -2.55. The van der Waals surface area contributed by atoms with E-state index >= 15 is 0 Å². The molecule has 2 aromatic carbocycles. The molecule has 3 heteroatoms. The highest BCUT2D eigenvalue weighted by Crippen LogP contribution is 2.37. The molecule has 0 saturated heterocycles. The normalized spacial score (nSPS) is 11.9. The van der Waals surface area contributed by atoms with Gasteiger partial charge in [-0.15, -0.1) is 0 Å². The Morgan fingerprint density at radius 2 is 1.11 bits per heavy atom. The zero-order chi connectivity index (χ0) is 12.7. The smallest absolute Gasteiger partial charge is 0.233 e. The van der Waals surface area contributed by atoms with Gasteiger partial charge >= 0.3 is 0 Å². The maximum absolute atomic E-state index is 12.2. The summed E-state index contributed by atoms with van der Waals surface area (Å²) < 4.78 is 0. The van der Waals surface area contributed by atoms with Crippen LogP contribution >= 0.6 is 0 Å². The standard InChI is InChI=1S/C15H6O3/c16-7-9-1-3-11-12-4-2-10(8-17)6-14(12)15(18)13(11)5-9/h1-6H. The Morgan fingerprint density at radius 3 is 1.50 bits per heavy atom. The highest BCUT2D eigenvalue weighted by molar-refractivity contribution is 6.22. The van der Waals surface area contributed by atoms with E-state index in [1.165, 1.54) is 12.1 Å². The van der Waals surface area contributed by atoms with Gasteiger partial charge in [-0.3, -0.25) is 14.4 Å². The number of ketones is 1. The number of carbonyl (C=O) groups is 1. The van der Waals surface area contributed by atoms with Gasteiger partial charge in [0, 0.05) is 22.3 Å². The zero-order valence-corrected chi connectivity index (χ0v) is 9.19.